The van der Waals surface area contributed by atoms with Gasteiger partial charge in [-0.3, -0.25) is 9.78 Å². The van der Waals surface area contributed by atoms with Crippen LogP contribution in [0.2, 0.25) is 15.1 Å². The smallest absolute Gasteiger partial charge is 0.258 e. The second-order valence-electron chi connectivity index (χ2n) is 5.73. The highest BCUT2D eigenvalue weighted by Gasteiger charge is 2.18. The third-order valence-corrected chi connectivity index (χ3v) is 5.04. The van der Waals surface area contributed by atoms with Crippen molar-refractivity contribution in [3.8, 4) is 0 Å². The maximum absolute atomic E-state index is 12.7. The predicted molar refractivity (Wildman–Crippen MR) is 107 cm³/mol. The van der Waals surface area contributed by atoms with Gasteiger partial charge in [-0.05, 0) is 30.7 Å². The third-order valence-electron chi connectivity index (χ3n) is 3.98. The van der Waals surface area contributed by atoms with Crippen molar-refractivity contribution in [2.45, 2.75) is 13.5 Å². The molecule has 3 aromatic rings. The number of fused-ring (bicyclic) bond motifs is 1. The summed E-state index contributed by atoms with van der Waals surface area (Å²) in [5.74, 6) is -0.412. The highest BCUT2D eigenvalue weighted by molar-refractivity contribution is 6.40. The Kier molecular flexibility index (Phi) is 5.68. The van der Waals surface area contributed by atoms with Crippen LogP contribution in [0.4, 0.5) is 5.69 Å². The van der Waals surface area contributed by atoms with E-state index in [1.807, 2.05) is 13.0 Å². The number of carbonyl (C=O) groups is 1. The lowest BCUT2D eigenvalue weighted by molar-refractivity contribution is 0.102. The number of hydrogen-bond acceptors (Lipinski definition) is 3. The number of benzene rings is 2. The molecular weight excluding hydrogens is 395 g/mol. The molecular formula is C19H15Cl3N2O2. The van der Waals surface area contributed by atoms with Gasteiger partial charge in [-0.2, -0.15) is 0 Å². The fourth-order valence-corrected chi connectivity index (χ4v) is 3.63. The van der Waals surface area contributed by atoms with Gasteiger partial charge in [-0.1, -0.05) is 46.9 Å². The second-order valence-corrected chi connectivity index (χ2v) is 6.93. The molecule has 0 bridgehead atoms. The third kappa shape index (κ3) is 3.51. The van der Waals surface area contributed by atoms with Crippen LogP contribution in [0.5, 0.6) is 0 Å². The van der Waals surface area contributed by atoms with Crippen LogP contribution in [-0.4, -0.2) is 18.0 Å². The van der Waals surface area contributed by atoms with Gasteiger partial charge in [-0.25, -0.2) is 0 Å². The van der Waals surface area contributed by atoms with E-state index < -0.39 is 5.91 Å². The van der Waals surface area contributed by atoms with Gasteiger partial charge >= 0.3 is 0 Å². The minimum absolute atomic E-state index is 0.214. The largest absolute Gasteiger partial charge is 0.380 e. The molecule has 0 atom stereocenters. The van der Waals surface area contributed by atoms with Crippen LogP contribution in [0, 0.1) is 6.92 Å². The number of hydrogen-bond donors (Lipinski definition) is 1. The van der Waals surface area contributed by atoms with Gasteiger partial charge in [0, 0.05) is 24.3 Å². The molecule has 7 heteroatoms. The van der Waals surface area contributed by atoms with Crippen molar-refractivity contribution in [3.63, 3.8) is 0 Å². The maximum Gasteiger partial charge on any atom is 0.258 e. The van der Waals surface area contributed by atoms with Crippen molar-refractivity contribution in [2.75, 3.05) is 12.4 Å². The van der Waals surface area contributed by atoms with Gasteiger partial charge in [0.25, 0.3) is 5.91 Å². The van der Waals surface area contributed by atoms with Crippen molar-refractivity contribution in [1.82, 2.24) is 4.98 Å². The Labute approximate surface area is 166 Å². The van der Waals surface area contributed by atoms with Crippen molar-refractivity contribution in [3.05, 3.63) is 68.3 Å². The first-order chi connectivity index (χ1) is 12.4. The van der Waals surface area contributed by atoms with E-state index in [-0.39, 0.29) is 15.6 Å². The molecule has 1 N–H and O–H groups in total. The molecule has 0 radical (unpaired) electrons. The average Bonchev–Trinajstić information content (AvgIpc) is 2.59. The minimum atomic E-state index is -0.412. The molecule has 0 aliphatic heterocycles. The topological polar surface area (TPSA) is 51.2 Å². The Hall–Kier alpha value is -1.85. The summed E-state index contributed by atoms with van der Waals surface area (Å²) in [5.41, 5.74) is 3.06. The first-order valence-corrected chi connectivity index (χ1v) is 8.88. The van der Waals surface area contributed by atoms with Gasteiger partial charge in [0.05, 0.1) is 38.4 Å². The molecule has 4 nitrogen and oxygen atoms in total. The monoisotopic (exact) mass is 408 g/mol. The van der Waals surface area contributed by atoms with Crippen LogP contribution < -0.4 is 5.32 Å². The Balaban J connectivity index is 2.08. The van der Waals surface area contributed by atoms with E-state index in [4.69, 9.17) is 39.5 Å². The highest BCUT2D eigenvalue weighted by atomic mass is 35.5. The summed E-state index contributed by atoms with van der Waals surface area (Å²) in [6.07, 6.45) is 1.64. The van der Waals surface area contributed by atoms with Crippen molar-refractivity contribution >= 4 is 57.3 Å². The lowest BCUT2D eigenvalue weighted by Gasteiger charge is -2.14. The van der Waals surface area contributed by atoms with Gasteiger partial charge in [-0.15, -0.1) is 0 Å². The number of nitrogens with one attached hydrogen (secondary N) is 1. The van der Waals surface area contributed by atoms with Crippen LogP contribution in [-0.2, 0) is 11.3 Å². The normalized spacial score (nSPS) is 11.0. The molecule has 0 saturated carbocycles. The summed E-state index contributed by atoms with van der Waals surface area (Å²) in [5, 5.41) is 4.71. The molecule has 0 saturated heterocycles. The zero-order chi connectivity index (χ0) is 18.8. The number of aryl methyl sites for hydroxylation is 1. The van der Waals surface area contributed by atoms with E-state index in [0.29, 0.717) is 22.8 Å². The first kappa shape index (κ1) is 18.9. The summed E-state index contributed by atoms with van der Waals surface area (Å²) < 4.78 is 5.15. The fourth-order valence-electron chi connectivity index (χ4n) is 2.72. The zero-order valence-electron chi connectivity index (χ0n) is 14.1. The van der Waals surface area contributed by atoms with Crippen molar-refractivity contribution in [1.29, 1.82) is 0 Å². The van der Waals surface area contributed by atoms with Crippen molar-refractivity contribution < 1.29 is 9.53 Å². The predicted octanol–water partition coefficient (Wildman–Crippen LogP) is 5.90. The van der Waals surface area contributed by atoms with Gasteiger partial charge in [0.15, 0.2) is 0 Å². The maximum atomic E-state index is 12.7. The molecule has 2 aromatic carbocycles. The Morgan fingerprint density at radius 1 is 1.15 bits per heavy atom. The number of halogens is 3. The summed E-state index contributed by atoms with van der Waals surface area (Å²) >= 11 is 18.8. The number of rotatable bonds is 4. The van der Waals surface area contributed by atoms with Crippen LogP contribution in [0.1, 0.15) is 21.5 Å². The molecule has 0 fully saturated rings. The molecule has 26 heavy (non-hydrogen) atoms. The lowest BCUT2D eigenvalue weighted by atomic mass is 10.1. The molecule has 0 spiro atoms. The van der Waals surface area contributed by atoms with Crippen LogP contribution >= 0.6 is 34.8 Å². The van der Waals surface area contributed by atoms with Gasteiger partial charge in [0.2, 0.25) is 0 Å². The summed E-state index contributed by atoms with van der Waals surface area (Å²) in [6, 6.07) is 8.56. The quantitative estimate of drug-likeness (QED) is 0.583. The minimum Gasteiger partial charge on any atom is -0.380 e. The number of carbonyl (C=O) groups excluding carboxylic acids is 1. The zero-order valence-corrected chi connectivity index (χ0v) is 16.3. The Bertz CT molecular complexity index is 985. The number of aromatic nitrogens is 1. The van der Waals surface area contributed by atoms with Crippen LogP contribution in [0.25, 0.3) is 10.9 Å². The number of methoxy groups -OCH3 is 1. The van der Waals surface area contributed by atoms with Crippen LogP contribution in [0.3, 0.4) is 0 Å². The highest BCUT2D eigenvalue weighted by Crippen LogP contribution is 2.34. The summed E-state index contributed by atoms with van der Waals surface area (Å²) in [4.78, 5) is 17.1. The number of ether oxygens (including phenoxy) is 1. The number of pyridine rings is 1. The Morgan fingerprint density at radius 2 is 1.85 bits per heavy atom. The summed E-state index contributed by atoms with van der Waals surface area (Å²) in [6.45, 7) is 2.29. The van der Waals surface area contributed by atoms with E-state index in [1.165, 1.54) is 0 Å². The number of anilines is 1. The standard InChI is InChI=1S/C19H15Cl3N2O2/c1-10-6-7-14(18-15(10)17(22)11(8-23-18)9-26-2)24-19(25)16-12(20)4-3-5-13(16)21/h3-8H,9H2,1-2H3,(H,24,25). The molecule has 0 unspecified atom stereocenters. The first-order valence-electron chi connectivity index (χ1n) is 7.75. The van der Waals surface area contributed by atoms with E-state index in [2.05, 4.69) is 10.3 Å². The SMILES string of the molecule is COCc1cnc2c(NC(=O)c3c(Cl)cccc3Cl)ccc(C)c2c1Cl. The second kappa shape index (κ2) is 7.80. The fraction of sp³-hybridized carbons (Fsp3) is 0.158. The molecule has 1 amide bonds. The van der Waals surface area contributed by atoms with E-state index in [1.54, 1.807) is 37.6 Å². The van der Waals surface area contributed by atoms with Crippen molar-refractivity contribution in [2.24, 2.45) is 0 Å². The van der Waals surface area contributed by atoms with Gasteiger partial charge in [0.1, 0.15) is 0 Å². The molecule has 134 valence electrons. The van der Waals surface area contributed by atoms with E-state index in [9.17, 15) is 4.79 Å². The lowest BCUT2D eigenvalue weighted by Crippen LogP contribution is -2.14. The number of nitrogens with zero attached hydrogens (tertiary/aromatic N) is 1. The average molecular weight is 410 g/mol. The van der Waals surface area contributed by atoms with E-state index in [0.717, 1.165) is 16.5 Å². The Morgan fingerprint density at radius 3 is 2.50 bits per heavy atom. The summed E-state index contributed by atoms with van der Waals surface area (Å²) in [7, 11) is 1.59. The molecule has 1 heterocycles. The van der Waals surface area contributed by atoms with Crippen LogP contribution in [0.15, 0.2) is 36.5 Å². The molecule has 0 aliphatic carbocycles. The van der Waals surface area contributed by atoms with Gasteiger partial charge < -0.3 is 10.1 Å². The number of amides is 1. The molecule has 0 aliphatic rings. The molecule has 1 aromatic heterocycles. The van der Waals surface area contributed by atoms with E-state index >= 15 is 0 Å². The molecule has 3 rings (SSSR count).